The van der Waals surface area contributed by atoms with E-state index in [4.69, 9.17) is 4.74 Å². The summed E-state index contributed by atoms with van der Waals surface area (Å²) in [6.07, 6.45) is 3.27. The van der Waals surface area contributed by atoms with Crippen LogP contribution < -0.4 is 15.4 Å². The molecule has 6 nitrogen and oxygen atoms in total. The summed E-state index contributed by atoms with van der Waals surface area (Å²) in [7, 11) is 0. The minimum Gasteiger partial charge on any atom is -0.508 e. The normalized spacial score (nSPS) is 10.4. The molecular weight excluding hydrogens is 587 g/mol. The van der Waals surface area contributed by atoms with Gasteiger partial charge in [0, 0.05) is 19.2 Å². The Balaban J connectivity index is 1.75. The molecule has 2 aromatic carbocycles. The lowest BCUT2D eigenvalue weighted by Gasteiger charge is -2.13. The molecule has 3 N–H and O–H groups in total. The van der Waals surface area contributed by atoms with Crippen LogP contribution in [0.5, 0.6) is 11.5 Å². The Morgan fingerprint density at radius 3 is 2.47 bits per heavy atom. The molecule has 0 unspecified atom stereocenters. The summed E-state index contributed by atoms with van der Waals surface area (Å²) in [4.78, 5) is 23.7. The van der Waals surface area contributed by atoms with Gasteiger partial charge in [-0.3, -0.25) is 9.59 Å². The third-order valence-electron chi connectivity index (χ3n) is 4.38. The Morgan fingerprint density at radius 2 is 1.81 bits per heavy atom. The van der Waals surface area contributed by atoms with E-state index in [0.29, 0.717) is 32.5 Å². The first-order chi connectivity index (χ1) is 15.2. The van der Waals surface area contributed by atoms with Gasteiger partial charge in [-0.25, -0.2) is 0 Å². The Labute approximate surface area is 211 Å². The van der Waals surface area contributed by atoms with Gasteiger partial charge in [0.25, 0.3) is 0 Å². The smallest absolute Gasteiger partial charge is 0.243 e. The maximum absolute atomic E-state index is 12.1. The number of phenols is 1. The molecule has 0 atom stereocenters. The standard InChI is InChI=1S/C24H28BrIN2O4/c1-16(2)12-22(30)27-9-3-11-32-24-20(25)13-18(14-21(24)26)8-10-28-23(31)15-17-4-6-19(29)7-5-17/h4-7,12-14,29H,3,8-11,15H2,1-2H3,(H,27,30)(H,28,31). The molecule has 0 saturated heterocycles. The van der Waals surface area contributed by atoms with Gasteiger partial charge >= 0.3 is 0 Å². The number of halogens is 2. The van der Waals surface area contributed by atoms with Gasteiger partial charge in [-0.15, -0.1) is 0 Å². The van der Waals surface area contributed by atoms with Gasteiger partial charge in [-0.1, -0.05) is 17.7 Å². The second-order valence-corrected chi connectivity index (χ2v) is 9.56. The van der Waals surface area contributed by atoms with Crippen molar-refractivity contribution >= 4 is 50.3 Å². The Morgan fingerprint density at radius 1 is 1.09 bits per heavy atom. The van der Waals surface area contributed by atoms with Crippen molar-refractivity contribution in [2.24, 2.45) is 0 Å². The molecule has 2 amide bonds. The third kappa shape index (κ3) is 9.60. The van der Waals surface area contributed by atoms with E-state index >= 15 is 0 Å². The Hall–Kier alpha value is -2.07. The van der Waals surface area contributed by atoms with E-state index in [1.165, 1.54) is 0 Å². The highest BCUT2D eigenvalue weighted by Gasteiger charge is 2.10. The average Bonchev–Trinajstić information content (AvgIpc) is 2.70. The molecule has 0 heterocycles. The number of nitrogens with one attached hydrogen (secondary N) is 2. The molecule has 0 aliphatic rings. The van der Waals surface area contributed by atoms with Gasteiger partial charge in [0.05, 0.1) is 21.1 Å². The second kappa shape index (κ2) is 13.5. The van der Waals surface area contributed by atoms with Crippen LogP contribution in [0.25, 0.3) is 0 Å². The number of amides is 2. The number of phenolic OH excluding ortho intramolecular Hbond substituents is 1. The lowest BCUT2D eigenvalue weighted by molar-refractivity contribution is -0.120. The van der Waals surface area contributed by atoms with Crippen LogP contribution in [0.15, 0.2) is 52.5 Å². The Kier molecular flexibility index (Phi) is 11.0. The molecule has 0 radical (unpaired) electrons. The van der Waals surface area contributed by atoms with Crippen molar-refractivity contribution < 1.29 is 19.4 Å². The lowest BCUT2D eigenvalue weighted by Crippen LogP contribution is -2.27. The quantitative estimate of drug-likeness (QED) is 0.197. The first-order valence-corrected chi connectivity index (χ1v) is 12.2. The number of carbonyl (C=O) groups is 2. The van der Waals surface area contributed by atoms with Crippen molar-refractivity contribution in [3.8, 4) is 11.5 Å². The van der Waals surface area contributed by atoms with Crippen LogP contribution in [-0.4, -0.2) is 36.6 Å². The highest BCUT2D eigenvalue weighted by atomic mass is 127. The van der Waals surface area contributed by atoms with Crippen LogP contribution in [0.4, 0.5) is 0 Å². The van der Waals surface area contributed by atoms with Gasteiger partial charge in [0.1, 0.15) is 11.5 Å². The van der Waals surface area contributed by atoms with E-state index in [2.05, 4.69) is 49.2 Å². The lowest BCUT2D eigenvalue weighted by atomic mass is 10.1. The molecule has 0 bridgehead atoms. The van der Waals surface area contributed by atoms with E-state index in [9.17, 15) is 14.7 Å². The summed E-state index contributed by atoms with van der Waals surface area (Å²) >= 11 is 5.81. The summed E-state index contributed by atoms with van der Waals surface area (Å²) in [5.41, 5.74) is 2.91. The van der Waals surface area contributed by atoms with Crippen LogP contribution in [0.1, 0.15) is 31.4 Å². The maximum Gasteiger partial charge on any atom is 0.243 e. The van der Waals surface area contributed by atoms with Crippen molar-refractivity contribution in [1.29, 1.82) is 0 Å². The predicted octanol–water partition coefficient (Wildman–Crippen LogP) is 4.51. The van der Waals surface area contributed by atoms with Gasteiger partial charge < -0.3 is 20.5 Å². The molecule has 0 saturated carbocycles. The summed E-state index contributed by atoms with van der Waals surface area (Å²) in [5, 5.41) is 15.1. The molecule has 0 fully saturated rings. The van der Waals surface area contributed by atoms with Gasteiger partial charge in [-0.05, 0) is 101 Å². The number of aromatic hydroxyl groups is 1. The van der Waals surface area contributed by atoms with Gasteiger partial charge in [0.15, 0.2) is 0 Å². The maximum atomic E-state index is 12.1. The molecule has 172 valence electrons. The molecule has 32 heavy (non-hydrogen) atoms. The number of ether oxygens (including phenoxy) is 1. The number of carbonyl (C=O) groups excluding carboxylic acids is 2. The van der Waals surface area contributed by atoms with Gasteiger partial charge in [-0.2, -0.15) is 0 Å². The van der Waals surface area contributed by atoms with Crippen LogP contribution in [0.2, 0.25) is 0 Å². The third-order valence-corrected chi connectivity index (χ3v) is 5.77. The van der Waals surface area contributed by atoms with Crippen molar-refractivity contribution in [3.63, 3.8) is 0 Å². The highest BCUT2D eigenvalue weighted by Crippen LogP contribution is 2.32. The number of rotatable bonds is 11. The number of benzene rings is 2. The summed E-state index contributed by atoms with van der Waals surface area (Å²) < 4.78 is 7.74. The summed E-state index contributed by atoms with van der Waals surface area (Å²) in [6, 6.07) is 10.7. The van der Waals surface area contributed by atoms with E-state index in [0.717, 1.165) is 30.5 Å². The van der Waals surface area contributed by atoms with Crippen LogP contribution in [0, 0.1) is 3.57 Å². The molecule has 0 aliphatic heterocycles. The Bertz CT molecular complexity index is 934. The zero-order valence-electron chi connectivity index (χ0n) is 18.2. The monoisotopic (exact) mass is 614 g/mol. The zero-order valence-corrected chi connectivity index (χ0v) is 22.0. The SMILES string of the molecule is CC(C)=CC(=O)NCCCOc1c(Br)cc(CCNC(=O)Cc2ccc(O)cc2)cc1I. The molecule has 0 aromatic heterocycles. The first kappa shape index (κ1) is 26.2. The van der Waals surface area contributed by atoms with Crippen molar-refractivity contribution in [2.75, 3.05) is 19.7 Å². The van der Waals surface area contributed by atoms with E-state index in [-0.39, 0.29) is 24.0 Å². The fourth-order valence-electron chi connectivity index (χ4n) is 2.87. The van der Waals surface area contributed by atoms with E-state index in [1.54, 1.807) is 30.3 Å². The number of hydrogen-bond acceptors (Lipinski definition) is 4. The molecule has 8 heteroatoms. The minimum absolute atomic E-state index is 0.0546. The highest BCUT2D eigenvalue weighted by molar-refractivity contribution is 14.1. The molecule has 2 aromatic rings. The molecule has 0 aliphatic carbocycles. The predicted molar refractivity (Wildman–Crippen MR) is 138 cm³/mol. The summed E-state index contributed by atoms with van der Waals surface area (Å²) in [6.45, 7) is 5.36. The summed E-state index contributed by atoms with van der Waals surface area (Å²) in [5.74, 6) is 0.829. The molecule has 2 rings (SSSR count). The van der Waals surface area contributed by atoms with Crippen LogP contribution >= 0.6 is 38.5 Å². The van der Waals surface area contributed by atoms with Gasteiger partial charge in [0.2, 0.25) is 11.8 Å². The minimum atomic E-state index is -0.0831. The van der Waals surface area contributed by atoms with Crippen LogP contribution in [-0.2, 0) is 22.4 Å². The van der Waals surface area contributed by atoms with Crippen molar-refractivity contribution in [2.45, 2.75) is 33.1 Å². The van der Waals surface area contributed by atoms with E-state index < -0.39 is 0 Å². The first-order valence-electron chi connectivity index (χ1n) is 10.3. The van der Waals surface area contributed by atoms with E-state index in [1.807, 2.05) is 26.0 Å². The van der Waals surface area contributed by atoms with Crippen LogP contribution in [0.3, 0.4) is 0 Å². The fourth-order valence-corrected chi connectivity index (χ4v) is 4.71. The van der Waals surface area contributed by atoms with Crippen molar-refractivity contribution in [1.82, 2.24) is 10.6 Å². The molecular formula is C24H28BrIN2O4. The molecule has 0 spiro atoms. The largest absolute Gasteiger partial charge is 0.508 e. The second-order valence-electron chi connectivity index (χ2n) is 7.55. The average molecular weight is 615 g/mol. The fraction of sp³-hybridized carbons (Fsp3) is 0.333. The number of hydrogen-bond donors (Lipinski definition) is 3. The zero-order chi connectivity index (χ0) is 23.5. The topological polar surface area (TPSA) is 87.7 Å². The number of allylic oxidation sites excluding steroid dienone is 1. The van der Waals surface area contributed by atoms with Crippen molar-refractivity contribution in [3.05, 3.63) is 67.2 Å².